The third kappa shape index (κ3) is 4.82. The predicted octanol–water partition coefficient (Wildman–Crippen LogP) is 4.02. The molecule has 1 fully saturated rings. The van der Waals surface area contributed by atoms with Crippen LogP contribution >= 0.6 is 23.2 Å². The molecule has 8 nitrogen and oxygen atoms in total. The SMILES string of the molecule is COc1cc(C(=O)N2CCN(Cc3nc(-c4ccc(Cl)cc4)no3)CC2)cc(Cl)c1OC. The number of carbonyl (C=O) groups is 1. The summed E-state index contributed by atoms with van der Waals surface area (Å²) in [5.41, 5.74) is 1.30. The predicted molar refractivity (Wildman–Crippen MR) is 120 cm³/mol. The molecule has 3 aromatic rings. The van der Waals surface area contributed by atoms with Crippen molar-refractivity contribution in [2.24, 2.45) is 0 Å². The molecule has 0 bridgehead atoms. The van der Waals surface area contributed by atoms with Gasteiger partial charge < -0.3 is 18.9 Å². The topological polar surface area (TPSA) is 80.9 Å². The van der Waals surface area contributed by atoms with Crippen LogP contribution in [0, 0.1) is 0 Å². The molecular weight excluding hydrogens is 455 g/mol. The van der Waals surface area contributed by atoms with Crippen molar-refractivity contribution in [3.05, 3.63) is 57.9 Å². The molecule has 1 aliphatic rings. The summed E-state index contributed by atoms with van der Waals surface area (Å²) >= 11 is 12.2. The normalized spacial score (nSPS) is 14.4. The van der Waals surface area contributed by atoms with E-state index >= 15 is 0 Å². The number of methoxy groups -OCH3 is 2. The fourth-order valence-corrected chi connectivity index (χ4v) is 3.97. The van der Waals surface area contributed by atoms with Gasteiger partial charge >= 0.3 is 0 Å². The van der Waals surface area contributed by atoms with Gasteiger partial charge in [-0.3, -0.25) is 9.69 Å². The van der Waals surface area contributed by atoms with Gasteiger partial charge in [0.2, 0.25) is 11.7 Å². The Morgan fingerprint density at radius 1 is 1.06 bits per heavy atom. The molecule has 0 aliphatic carbocycles. The largest absolute Gasteiger partial charge is 0.493 e. The van der Waals surface area contributed by atoms with Crippen LogP contribution in [-0.2, 0) is 6.54 Å². The molecular formula is C22H22Cl2N4O4. The van der Waals surface area contributed by atoms with E-state index in [1.165, 1.54) is 14.2 Å². The van der Waals surface area contributed by atoms with Gasteiger partial charge in [0.25, 0.3) is 5.91 Å². The Labute approximate surface area is 195 Å². The zero-order chi connectivity index (χ0) is 22.7. The lowest BCUT2D eigenvalue weighted by Gasteiger charge is -2.34. The molecule has 1 saturated heterocycles. The summed E-state index contributed by atoms with van der Waals surface area (Å²) in [7, 11) is 3.02. The van der Waals surface area contributed by atoms with E-state index in [4.69, 9.17) is 37.2 Å². The van der Waals surface area contributed by atoms with Gasteiger partial charge in [0.1, 0.15) is 0 Å². The first-order valence-corrected chi connectivity index (χ1v) is 10.8. The summed E-state index contributed by atoms with van der Waals surface area (Å²) < 4.78 is 15.9. The molecule has 2 heterocycles. The Balaban J connectivity index is 1.36. The quantitative estimate of drug-likeness (QED) is 0.531. The van der Waals surface area contributed by atoms with Gasteiger partial charge in [-0.15, -0.1) is 0 Å². The third-order valence-corrected chi connectivity index (χ3v) is 5.80. The van der Waals surface area contributed by atoms with Gasteiger partial charge in [-0.25, -0.2) is 0 Å². The first kappa shape index (κ1) is 22.4. The Kier molecular flexibility index (Phi) is 6.83. The van der Waals surface area contributed by atoms with Crippen molar-refractivity contribution < 1.29 is 18.8 Å². The van der Waals surface area contributed by atoms with E-state index in [9.17, 15) is 4.79 Å². The van der Waals surface area contributed by atoms with Crippen molar-refractivity contribution in [2.75, 3.05) is 40.4 Å². The lowest BCUT2D eigenvalue weighted by Crippen LogP contribution is -2.48. The molecule has 168 valence electrons. The average Bonchev–Trinajstić information content (AvgIpc) is 3.27. The van der Waals surface area contributed by atoms with Crippen molar-refractivity contribution >= 4 is 29.1 Å². The van der Waals surface area contributed by atoms with Crippen molar-refractivity contribution in [1.82, 2.24) is 19.9 Å². The van der Waals surface area contributed by atoms with Crippen LogP contribution in [0.1, 0.15) is 16.2 Å². The molecule has 0 atom stereocenters. The molecule has 4 rings (SSSR count). The molecule has 1 amide bonds. The summed E-state index contributed by atoms with van der Waals surface area (Å²) in [4.78, 5) is 21.4. The van der Waals surface area contributed by atoms with E-state index in [-0.39, 0.29) is 5.91 Å². The highest BCUT2D eigenvalue weighted by Gasteiger charge is 2.25. The molecule has 1 aliphatic heterocycles. The van der Waals surface area contributed by atoms with Crippen LogP contribution in [0.3, 0.4) is 0 Å². The molecule has 2 aromatic carbocycles. The molecule has 0 radical (unpaired) electrons. The summed E-state index contributed by atoms with van der Waals surface area (Å²) in [5.74, 6) is 1.79. The third-order valence-electron chi connectivity index (χ3n) is 5.27. The number of piperazine rings is 1. The summed E-state index contributed by atoms with van der Waals surface area (Å²) in [5, 5.41) is 5.04. The van der Waals surface area contributed by atoms with Crippen molar-refractivity contribution in [3.63, 3.8) is 0 Å². The van der Waals surface area contributed by atoms with E-state index in [0.29, 0.717) is 71.5 Å². The maximum absolute atomic E-state index is 13.0. The standard InChI is InChI=1S/C22H22Cl2N4O4/c1-30-18-12-15(11-17(24)20(18)31-2)22(29)28-9-7-27(8-10-28)13-19-25-21(26-32-19)14-3-5-16(23)6-4-14/h3-6,11-12H,7-10,13H2,1-2H3. The maximum atomic E-state index is 13.0. The lowest BCUT2D eigenvalue weighted by molar-refractivity contribution is 0.0614. The fourth-order valence-electron chi connectivity index (χ4n) is 3.56. The number of nitrogens with zero attached hydrogens (tertiary/aromatic N) is 4. The van der Waals surface area contributed by atoms with Gasteiger partial charge in [-0.05, 0) is 36.4 Å². The van der Waals surface area contributed by atoms with Gasteiger partial charge in [0, 0.05) is 42.3 Å². The second-order valence-corrected chi connectivity index (χ2v) is 8.12. The molecule has 0 unspecified atom stereocenters. The summed E-state index contributed by atoms with van der Waals surface area (Å²) in [6.07, 6.45) is 0. The number of benzene rings is 2. The summed E-state index contributed by atoms with van der Waals surface area (Å²) in [6.45, 7) is 3.04. The monoisotopic (exact) mass is 476 g/mol. The Hall–Kier alpha value is -2.81. The second kappa shape index (κ2) is 9.77. The number of halogens is 2. The number of hydrogen-bond acceptors (Lipinski definition) is 7. The Morgan fingerprint density at radius 2 is 1.78 bits per heavy atom. The maximum Gasteiger partial charge on any atom is 0.254 e. The minimum absolute atomic E-state index is 0.102. The number of hydrogen-bond donors (Lipinski definition) is 0. The van der Waals surface area contributed by atoms with Crippen LogP contribution in [-0.4, -0.2) is 66.2 Å². The first-order chi connectivity index (χ1) is 15.5. The number of carbonyl (C=O) groups excluding carboxylic acids is 1. The van der Waals surface area contributed by atoms with Crippen molar-refractivity contribution in [3.8, 4) is 22.9 Å². The molecule has 32 heavy (non-hydrogen) atoms. The van der Waals surface area contributed by atoms with Gasteiger partial charge in [0.05, 0.1) is 25.8 Å². The Morgan fingerprint density at radius 3 is 2.44 bits per heavy atom. The van der Waals surface area contributed by atoms with Crippen molar-refractivity contribution in [1.29, 1.82) is 0 Å². The van der Waals surface area contributed by atoms with E-state index in [1.807, 2.05) is 12.1 Å². The molecule has 0 N–H and O–H groups in total. The number of aromatic nitrogens is 2. The van der Waals surface area contributed by atoms with E-state index in [2.05, 4.69) is 15.0 Å². The van der Waals surface area contributed by atoms with Crippen LogP contribution in [0.2, 0.25) is 10.0 Å². The molecule has 0 spiro atoms. The smallest absolute Gasteiger partial charge is 0.254 e. The van der Waals surface area contributed by atoms with Crippen LogP contribution in [0.4, 0.5) is 0 Å². The van der Waals surface area contributed by atoms with E-state index in [0.717, 1.165) is 5.56 Å². The van der Waals surface area contributed by atoms with Crippen LogP contribution in [0.25, 0.3) is 11.4 Å². The van der Waals surface area contributed by atoms with Crippen LogP contribution in [0.15, 0.2) is 40.9 Å². The zero-order valence-corrected chi connectivity index (χ0v) is 19.2. The summed E-state index contributed by atoms with van der Waals surface area (Å²) in [6, 6.07) is 10.5. The number of rotatable bonds is 6. The Bertz CT molecular complexity index is 1100. The van der Waals surface area contributed by atoms with Crippen LogP contribution in [0.5, 0.6) is 11.5 Å². The minimum atomic E-state index is -0.102. The van der Waals surface area contributed by atoms with E-state index in [1.54, 1.807) is 29.2 Å². The highest BCUT2D eigenvalue weighted by atomic mass is 35.5. The molecule has 10 heteroatoms. The zero-order valence-electron chi connectivity index (χ0n) is 17.7. The van der Waals surface area contributed by atoms with Crippen LogP contribution < -0.4 is 9.47 Å². The van der Waals surface area contributed by atoms with Crippen molar-refractivity contribution in [2.45, 2.75) is 6.54 Å². The van der Waals surface area contributed by atoms with Gasteiger partial charge in [0.15, 0.2) is 11.5 Å². The lowest BCUT2D eigenvalue weighted by atomic mass is 10.1. The second-order valence-electron chi connectivity index (χ2n) is 7.28. The van der Waals surface area contributed by atoms with Gasteiger partial charge in [-0.1, -0.05) is 28.4 Å². The highest BCUT2D eigenvalue weighted by Crippen LogP contribution is 2.36. The highest BCUT2D eigenvalue weighted by molar-refractivity contribution is 6.32. The fraction of sp³-hybridized carbons (Fsp3) is 0.318. The minimum Gasteiger partial charge on any atom is -0.493 e. The number of amides is 1. The van der Waals surface area contributed by atoms with E-state index < -0.39 is 0 Å². The van der Waals surface area contributed by atoms with Gasteiger partial charge in [-0.2, -0.15) is 4.98 Å². The first-order valence-electron chi connectivity index (χ1n) is 10.00. The number of ether oxygens (including phenoxy) is 2. The molecule has 0 saturated carbocycles. The molecule has 1 aromatic heterocycles. The average molecular weight is 477 g/mol.